The predicted molar refractivity (Wildman–Crippen MR) is 83.1 cm³/mol. The van der Waals surface area contributed by atoms with E-state index in [0.717, 1.165) is 5.56 Å². The van der Waals surface area contributed by atoms with E-state index in [1.54, 1.807) is 36.4 Å². The highest BCUT2D eigenvalue weighted by Crippen LogP contribution is 2.24. The van der Waals surface area contributed by atoms with E-state index in [9.17, 15) is 9.59 Å². The Morgan fingerprint density at radius 1 is 1.22 bits per heavy atom. The molecule has 0 aliphatic heterocycles. The summed E-state index contributed by atoms with van der Waals surface area (Å²) < 4.78 is 10.2. The SMILES string of the molecule is CNC(=O)/C(C#N)=C/c1ccc(-c2ccc(C(=O)OC)cc2)o1. The number of nitrogens with zero attached hydrogens (tertiary/aromatic N) is 1. The molecule has 6 heteroatoms. The molecule has 2 aromatic rings. The molecule has 0 aliphatic rings. The Morgan fingerprint density at radius 3 is 2.48 bits per heavy atom. The average molecular weight is 310 g/mol. The molecule has 0 bridgehead atoms. The quantitative estimate of drug-likeness (QED) is 0.532. The van der Waals surface area contributed by atoms with Gasteiger partial charge in [-0.05, 0) is 24.3 Å². The topological polar surface area (TPSA) is 92.3 Å². The van der Waals surface area contributed by atoms with E-state index >= 15 is 0 Å². The highest BCUT2D eigenvalue weighted by molar-refractivity contribution is 6.01. The van der Waals surface area contributed by atoms with Crippen LogP contribution >= 0.6 is 0 Å². The Morgan fingerprint density at radius 2 is 1.91 bits per heavy atom. The lowest BCUT2D eigenvalue weighted by Gasteiger charge is -2.00. The summed E-state index contributed by atoms with van der Waals surface area (Å²) in [4.78, 5) is 22.9. The molecule has 1 amide bonds. The molecule has 1 N–H and O–H groups in total. The van der Waals surface area contributed by atoms with E-state index in [1.165, 1.54) is 20.2 Å². The van der Waals surface area contributed by atoms with Crippen LogP contribution in [0.1, 0.15) is 16.1 Å². The molecule has 1 heterocycles. The lowest BCUT2D eigenvalue weighted by molar-refractivity contribution is -0.116. The van der Waals surface area contributed by atoms with Gasteiger partial charge in [0.2, 0.25) is 0 Å². The van der Waals surface area contributed by atoms with Crippen molar-refractivity contribution in [1.82, 2.24) is 5.32 Å². The van der Waals surface area contributed by atoms with Crippen LogP contribution in [0.5, 0.6) is 0 Å². The second-order valence-corrected chi connectivity index (χ2v) is 4.52. The minimum Gasteiger partial charge on any atom is -0.465 e. The van der Waals surface area contributed by atoms with E-state index < -0.39 is 11.9 Å². The van der Waals surface area contributed by atoms with Crippen molar-refractivity contribution in [1.29, 1.82) is 5.26 Å². The number of likely N-dealkylation sites (N-methyl/N-ethyl adjacent to an activating group) is 1. The van der Waals surface area contributed by atoms with Crippen LogP contribution in [0.2, 0.25) is 0 Å². The number of methoxy groups -OCH3 is 1. The number of carbonyl (C=O) groups is 2. The summed E-state index contributed by atoms with van der Waals surface area (Å²) in [5, 5.41) is 11.3. The molecule has 0 saturated heterocycles. The highest BCUT2D eigenvalue weighted by atomic mass is 16.5. The third kappa shape index (κ3) is 3.66. The average Bonchev–Trinajstić information content (AvgIpc) is 3.07. The molecule has 1 aromatic carbocycles. The highest BCUT2D eigenvalue weighted by Gasteiger charge is 2.10. The standard InChI is InChI=1S/C17H14N2O4/c1-19-16(20)13(10-18)9-14-7-8-15(23-14)11-3-5-12(6-4-11)17(21)22-2/h3-9H,1-2H3,(H,19,20)/b13-9+. The number of esters is 1. The number of ether oxygens (including phenoxy) is 1. The third-order valence-electron chi connectivity index (χ3n) is 3.10. The maximum absolute atomic E-state index is 11.5. The molecule has 6 nitrogen and oxygen atoms in total. The first-order valence-corrected chi connectivity index (χ1v) is 6.71. The molecule has 23 heavy (non-hydrogen) atoms. The number of carbonyl (C=O) groups excluding carboxylic acids is 2. The van der Waals surface area contributed by atoms with E-state index in [2.05, 4.69) is 10.1 Å². The first kappa shape index (κ1) is 16.0. The van der Waals surface area contributed by atoms with Crippen LogP contribution in [0.4, 0.5) is 0 Å². The summed E-state index contributed by atoms with van der Waals surface area (Å²) in [5.41, 5.74) is 1.15. The first-order valence-electron chi connectivity index (χ1n) is 6.71. The summed E-state index contributed by atoms with van der Waals surface area (Å²) >= 11 is 0. The summed E-state index contributed by atoms with van der Waals surface area (Å²) in [5.74, 6) is 0.0517. The Kier molecular flexibility index (Phi) is 4.95. The molecule has 0 spiro atoms. The van der Waals surface area contributed by atoms with Crippen LogP contribution < -0.4 is 5.32 Å². The zero-order valence-corrected chi connectivity index (χ0v) is 12.6. The van der Waals surface area contributed by atoms with Gasteiger partial charge in [-0.1, -0.05) is 12.1 Å². The zero-order chi connectivity index (χ0) is 16.8. The molecule has 2 rings (SSSR count). The maximum Gasteiger partial charge on any atom is 0.337 e. The predicted octanol–water partition coefficient (Wildman–Crippen LogP) is 2.39. The van der Waals surface area contributed by atoms with Crippen LogP contribution in [0.3, 0.4) is 0 Å². The van der Waals surface area contributed by atoms with Gasteiger partial charge in [-0.15, -0.1) is 0 Å². The normalized spacial score (nSPS) is 10.7. The molecule has 0 aliphatic carbocycles. The van der Waals surface area contributed by atoms with Gasteiger partial charge in [-0.25, -0.2) is 4.79 Å². The van der Waals surface area contributed by atoms with Crippen molar-refractivity contribution < 1.29 is 18.7 Å². The minimum atomic E-state index is -0.479. The Bertz CT molecular complexity index is 795. The van der Waals surface area contributed by atoms with Gasteiger partial charge in [-0.2, -0.15) is 5.26 Å². The number of nitrogens with one attached hydrogen (secondary N) is 1. The second-order valence-electron chi connectivity index (χ2n) is 4.52. The summed E-state index contributed by atoms with van der Waals surface area (Å²) in [6, 6.07) is 11.9. The van der Waals surface area contributed by atoms with Crippen molar-refractivity contribution in [3.8, 4) is 17.4 Å². The van der Waals surface area contributed by atoms with E-state index in [-0.39, 0.29) is 5.57 Å². The van der Waals surface area contributed by atoms with Gasteiger partial charge < -0.3 is 14.5 Å². The van der Waals surface area contributed by atoms with Crippen molar-refractivity contribution in [2.24, 2.45) is 0 Å². The van der Waals surface area contributed by atoms with Gasteiger partial charge in [0, 0.05) is 18.7 Å². The largest absolute Gasteiger partial charge is 0.465 e. The molecular formula is C17H14N2O4. The molecule has 0 radical (unpaired) electrons. The van der Waals surface area contributed by atoms with Crippen LogP contribution in [-0.4, -0.2) is 26.0 Å². The van der Waals surface area contributed by atoms with Crippen molar-refractivity contribution in [2.75, 3.05) is 14.2 Å². The smallest absolute Gasteiger partial charge is 0.337 e. The van der Waals surface area contributed by atoms with Crippen molar-refractivity contribution in [3.05, 3.63) is 53.3 Å². The minimum absolute atomic E-state index is 0.0468. The van der Waals surface area contributed by atoms with E-state index in [0.29, 0.717) is 17.1 Å². The number of rotatable bonds is 4. The molecular weight excluding hydrogens is 296 g/mol. The maximum atomic E-state index is 11.5. The molecule has 0 atom stereocenters. The van der Waals surface area contributed by atoms with E-state index in [4.69, 9.17) is 9.68 Å². The van der Waals surface area contributed by atoms with Gasteiger partial charge in [0.05, 0.1) is 12.7 Å². The number of amides is 1. The molecule has 116 valence electrons. The van der Waals surface area contributed by atoms with Crippen LogP contribution in [0.25, 0.3) is 17.4 Å². The fraction of sp³-hybridized carbons (Fsp3) is 0.118. The number of hydrogen-bond acceptors (Lipinski definition) is 5. The summed E-state index contributed by atoms with van der Waals surface area (Å²) in [7, 11) is 2.77. The van der Waals surface area contributed by atoms with Gasteiger partial charge in [-0.3, -0.25) is 4.79 Å². The van der Waals surface area contributed by atoms with E-state index in [1.807, 2.05) is 6.07 Å². The summed E-state index contributed by atoms with van der Waals surface area (Å²) in [6.07, 6.45) is 1.37. The lowest BCUT2D eigenvalue weighted by atomic mass is 10.1. The Hall–Kier alpha value is -3.33. The van der Waals surface area contributed by atoms with Gasteiger partial charge in [0.15, 0.2) is 0 Å². The third-order valence-corrected chi connectivity index (χ3v) is 3.10. The van der Waals surface area contributed by atoms with Crippen LogP contribution in [-0.2, 0) is 9.53 Å². The molecule has 0 unspecified atom stereocenters. The van der Waals surface area contributed by atoms with Gasteiger partial charge >= 0.3 is 5.97 Å². The number of hydrogen-bond donors (Lipinski definition) is 1. The summed E-state index contributed by atoms with van der Waals surface area (Å²) in [6.45, 7) is 0. The molecule has 0 fully saturated rings. The Balaban J connectivity index is 2.26. The van der Waals surface area contributed by atoms with Crippen molar-refractivity contribution in [2.45, 2.75) is 0 Å². The fourth-order valence-corrected chi connectivity index (χ4v) is 1.90. The number of furan rings is 1. The number of benzene rings is 1. The van der Waals surface area contributed by atoms with Crippen molar-refractivity contribution in [3.63, 3.8) is 0 Å². The van der Waals surface area contributed by atoms with Gasteiger partial charge in [0.25, 0.3) is 5.91 Å². The number of nitriles is 1. The second kappa shape index (κ2) is 7.09. The van der Waals surface area contributed by atoms with Crippen molar-refractivity contribution >= 4 is 18.0 Å². The van der Waals surface area contributed by atoms with Crippen LogP contribution in [0, 0.1) is 11.3 Å². The zero-order valence-electron chi connectivity index (χ0n) is 12.6. The molecule has 1 aromatic heterocycles. The molecule has 0 saturated carbocycles. The monoisotopic (exact) mass is 310 g/mol. The van der Waals surface area contributed by atoms with Gasteiger partial charge in [0.1, 0.15) is 23.2 Å². The lowest BCUT2D eigenvalue weighted by Crippen LogP contribution is -2.18. The first-order chi connectivity index (χ1) is 11.1. The Labute approximate surface area is 133 Å². The fourth-order valence-electron chi connectivity index (χ4n) is 1.90. The van der Waals surface area contributed by atoms with Crippen LogP contribution in [0.15, 0.2) is 46.4 Å².